The molecule has 7 heteroatoms. The molecule has 5 nitrogen and oxygen atoms in total. The maximum Gasteiger partial charge on any atom is 0.244 e. The topological polar surface area (TPSA) is 62.7 Å². The molecule has 21 heavy (non-hydrogen) atoms. The second kappa shape index (κ2) is 6.94. The van der Waals surface area contributed by atoms with Crippen molar-refractivity contribution in [2.24, 2.45) is 0 Å². The molecule has 0 unspecified atom stereocenters. The van der Waals surface area contributed by atoms with E-state index >= 15 is 0 Å². The highest BCUT2D eigenvalue weighted by Gasteiger charge is 2.05. The van der Waals surface area contributed by atoms with Crippen LogP contribution in [-0.4, -0.2) is 20.7 Å². The van der Waals surface area contributed by atoms with Crippen LogP contribution < -0.4 is 5.32 Å². The van der Waals surface area contributed by atoms with Gasteiger partial charge in [-0.15, -0.1) is 0 Å². The predicted molar refractivity (Wildman–Crippen MR) is 80.4 cm³/mol. The van der Waals surface area contributed by atoms with E-state index in [1.54, 1.807) is 22.8 Å². The molecule has 1 aromatic heterocycles. The Labute approximate surface area is 126 Å². The standard InChI is InChI=1S/C14H15FN4OS/c1-2-19-12(17-18-14(19)21)9-16-13(20)8-5-10-3-6-11(15)7-4-10/h3-8H,2,9H2,1H3,(H,16,20)(H,18,21)/b8-5+. The van der Waals surface area contributed by atoms with Crippen molar-refractivity contribution in [2.45, 2.75) is 20.0 Å². The van der Waals surface area contributed by atoms with Crippen molar-refractivity contribution in [3.8, 4) is 0 Å². The largest absolute Gasteiger partial charge is 0.345 e. The zero-order valence-electron chi connectivity index (χ0n) is 11.5. The summed E-state index contributed by atoms with van der Waals surface area (Å²) in [5, 5.41) is 9.46. The SMILES string of the molecule is CCn1c(CNC(=O)/C=C/c2ccc(F)cc2)n[nH]c1=S. The molecule has 0 atom stereocenters. The first-order valence-electron chi connectivity index (χ1n) is 6.45. The predicted octanol–water partition coefficient (Wildman–Crippen LogP) is 2.43. The lowest BCUT2D eigenvalue weighted by Gasteiger charge is -2.03. The Morgan fingerprint density at radius 3 is 2.86 bits per heavy atom. The number of halogens is 1. The summed E-state index contributed by atoms with van der Waals surface area (Å²) in [4.78, 5) is 11.7. The summed E-state index contributed by atoms with van der Waals surface area (Å²) in [7, 11) is 0. The van der Waals surface area contributed by atoms with Crippen molar-refractivity contribution in [3.63, 3.8) is 0 Å². The minimum Gasteiger partial charge on any atom is -0.345 e. The number of hydrogen-bond acceptors (Lipinski definition) is 3. The lowest BCUT2D eigenvalue weighted by molar-refractivity contribution is -0.116. The first-order chi connectivity index (χ1) is 10.1. The minimum atomic E-state index is -0.307. The number of carbonyl (C=O) groups is 1. The average Bonchev–Trinajstić information content (AvgIpc) is 2.84. The number of benzene rings is 1. The summed E-state index contributed by atoms with van der Waals surface area (Å²) in [6.07, 6.45) is 3.01. The molecule has 1 heterocycles. The molecule has 0 saturated heterocycles. The van der Waals surface area contributed by atoms with Crippen molar-refractivity contribution < 1.29 is 9.18 Å². The molecule has 0 aliphatic carbocycles. The fourth-order valence-electron chi connectivity index (χ4n) is 1.78. The number of nitrogens with zero attached hydrogens (tertiary/aromatic N) is 2. The van der Waals surface area contributed by atoms with Crippen LogP contribution in [-0.2, 0) is 17.9 Å². The van der Waals surface area contributed by atoms with Crippen molar-refractivity contribution in [3.05, 3.63) is 52.3 Å². The Morgan fingerprint density at radius 2 is 2.19 bits per heavy atom. The van der Waals surface area contributed by atoms with Crippen LogP contribution in [0, 0.1) is 10.6 Å². The highest BCUT2D eigenvalue weighted by atomic mass is 32.1. The second-order valence-electron chi connectivity index (χ2n) is 4.29. The van der Waals surface area contributed by atoms with E-state index in [0.717, 1.165) is 5.56 Å². The van der Waals surface area contributed by atoms with Gasteiger partial charge in [-0.3, -0.25) is 9.89 Å². The van der Waals surface area contributed by atoms with Crippen molar-refractivity contribution >= 4 is 24.2 Å². The fourth-order valence-corrected chi connectivity index (χ4v) is 2.06. The van der Waals surface area contributed by atoms with Gasteiger partial charge in [0, 0.05) is 12.6 Å². The number of H-pyrrole nitrogens is 1. The van der Waals surface area contributed by atoms with Gasteiger partial charge in [0.1, 0.15) is 5.82 Å². The average molecular weight is 306 g/mol. The monoisotopic (exact) mass is 306 g/mol. The Morgan fingerprint density at radius 1 is 1.48 bits per heavy atom. The molecule has 0 saturated carbocycles. The van der Waals surface area contributed by atoms with E-state index in [1.807, 2.05) is 6.92 Å². The molecule has 0 bridgehead atoms. The highest BCUT2D eigenvalue weighted by Crippen LogP contribution is 2.04. The van der Waals surface area contributed by atoms with E-state index in [9.17, 15) is 9.18 Å². The maximum absolute atomic E-state index is 12.7. The molecule has 0 aliphatic rings. The normalized spacial score (nSPS) is 11.0. The number of hydrogen-bond donors (Lipinski definition) is 2. The first kappa shape index (κ1) is 15.1. The molecule has 1 aromatic carbocycles. The van der Waals surface area contributed by atoms with Gasteiger partial charge in [-0.1, -0.05) is 12.1 Å². The number of carbonyl (C=O) groups excluding carboxylic acids is 1. The van der Waals surface area contributed by atoms with Crippen LogP contribution >= 0.6 is 12.2 Å². The van der Waals surface area contributed by atoms with Crippen LogP contribution in [0.25, 0.3) is 6.08 Å². The summed E-state index contributed by atoms with van der Waals surface area (Å²) in [6, 6.07) is 5.88. The van der Waals surface area contributed by atoms with Gasteiger partial charge in [0.15, 0.2) is 10.6 Å². The van der Waals surface area contributed by atoms with Crippen LogP contribution in [0.3, 0.4) is 0 Å². The zero-order valence-corrected chi connectivity index (χ0v) is 12.3. The summed E-state index contributed by atoms with van der Waals surface area (Å²) in [6.45, 7) is 2.92. The number of rotatable bonds is 5. The molecule has 0 fully saturated rings. The van der Waals surface area contributed by atoms with E-state index in [4.69, 9.17) is 12.2 Å². The van der Waals surface area contributed by atoms with Crippen molar-refractivity contribution in [1.29, 1.82) is 0 Å². The number of aromatic amines is 1. The fraction of sp³-hybridized carbons (Fsp3) is 0.214. The lowest BCUT2D eigenvalue weighted by Crippen LogP contribution is -2.22. The van der Waals surface area contributed by atoms with E-state index in [2.05, 4.69) is 15.5 Å². The van der Waals surface area contributed by atoms with E-state index < -0.39 is 0 Å². The van der Waals surface area contributed by atoms with Gasteiger partial charge in [-0.25, -0.2) is 4.39 Å². The number of aromatic nitrogens is 3. The van der Waals surface area contributed by atoms with Gasteiger partial charge in [-0.2, -0.15) is 5.10 Å². The quantitative estimate of drug-likeness (QED) is 0.659. The molecule has 2 N–H and O–H groups in total. The molecule has 110 valence electrons. The second-order valence-corrected chi connectivity index (χ2v) is 4.68. The minimum absolute atomic E-state index is 0.254. The summed E-state index contributed by atoms with van der Waals surface area (Å²) in [5.74, 6) is 0.112. The third kappa shape index (κ3) is 4.09. The molecule has 0 spiro atoms. The van der Waals surface area contributed by atoms with Gasteiger partial charge >= 0.3 is 0 Å². The van der Waals surface area contributed by atoms with Gasteiger partial charge in [0.05, 0.1) is 6.54 Å². The van der Waals surface area contributed by atoms with Gasteiger partial charge in [0.25, 0.3) is 0 Å². The lowest BCUT2D eigenvalue weighted by atomic mass is 10.2. The van der Waals surface area contributed by atoms with Crippen LogP contribution in [0.5, 0.6) is 0 Å². The smallest absolute Gasteiger partial charge is 0.244 e. The first-order valence-corrected chi connectivity index (χ1v) is 6.86. The summed E-state index contributed by atoms with van der Waals surface area (Å²) in [5.41, 5.74) is 0.753. The molecule has 0 radical (unpaired) electrons. The van der Waals surface area contributed by atoms with Crippen LogP contribution in [0.4, 0.5) is 4.39 Å². The van der Waals surface area contributed by atoms with Gasteiger partial charge in [-0.05, 0) is 42.9 Å². The Kier molecular flexibility index (Phi) is 4.99. The zero-order chi connectivity index (χ0) is 15.2. The van der Waals surface area contributed by atoms with Crippen molar-refractivity contribution in [1.82, 2.24) is 20.1 Å². The van der Waals surface area contributed by atoms with Gasteiger partial charge < -0.3 is 9.88 Å². The van der Waals surface area contributed by atoms with Crippen LogP contribution in [0.2, 0.25) is 0 Å². The summed E-state index contributed by atoms with van der Waals surface area (Å²) >= 11 is 5.07. The van der Waals surface area contributed by atoms with E-state index in [-0.39, 0.29) is 18.3 Å². The molecule has 2 aromatic rings. The van der Waals surface area contributed by atoms with Gasteiger partial charge in [0.2, 0.25) is 5.91 Å². The van der Waals surface area contributed by atoms with E-state index in [0.29, 0.717) is 17.1 Å². The molecule has 1 amide bonds. The third-order valence-electron chi connectivity index (χ3n) is 2.87. The van der Waals surface area contributed by atoms with E-state index in [1.165, 1.54) is 18.2 Å². The van der Waals surface area contributed by atoms with Crippen LogP contribution in [0.1, 0.15) is 18.3 Å². The third-order valence-corrected chi connectivity index (χ3v) is 3.18. The number of nitrogens with one attached hydrogen (secondary N) is 2. The molecular weight excluding hydrogens is 291 g/mol. The van der Waals surface area contributed by atoms with Crippen molar-refractivity contribution in [2.75, 3.05) is 0 Å². The molecule has 2 rings (SSSR count). The number of amides is 1. The maximum atomic E-state index is 12.7. The molecular formula is C14H15FN4OS. The van der Waals surface area contributed by atoms with Crippen LogP contribution in [0.15, 0.2) is 30.3 Å². The highest BCUT2D eigenvalue weighted by molar-refractivity contribution is 7.71. The Hall–Kier alpha value is -2.28. The Balaban J connectivity index is 1.93. The summed E-state index contributed by atoms with van der Waals surface area (Å²) < 4.78 is 15.1. The molecule has 0 aliphatic heterocycles. The Bertz CT molecular complexity index is 703.